The van der Waals surface area contributed by atoms with Crippen LogP contribution in [0.3, 0.4) is 0 Å². The largest absolute Gasteiger partial charge is 0.378 e. The SMILES string of the molecule is O=C(C1CCCN(C(=O)C2CCCN2C(=O)c2cc(Cl)ccc2Cl)C1)N1CCOCC1. The first-order valence-corrected chi connectivity index (χ1v) is 11.6. The molecule has 4 rings (SSSR count). The lowest BCUT2D eigenvalue weighted by Gasteiger charge is -2.38. The third kappa shape index (κ3) is 4.83. The third-order valence-corrected chi connectivity index (χ3v) is 6.93. The number of halogens is 2. The van der Waals surface area contributed by atoms with E-state index in [1.807, 2.05) is 4.90 Å². The minimum atomic E-state index is -0.528. The van der Waals surface area contributed by atoms with E-state index >= 15 is 0 Å². The van der Waals surface area contributed by atoms with Crippen molar-refractivity contribution in [1.29, 1.82) is 0 Å². The molecule has 2 atom stereocenters. The second kappa shape index (κ2) is 9.76. The molecule has 3 saturated heterocycles. The number of morpholine rings is 1. The normalized spacial score (nSPS) is 24.4. The summed E-state index contributed by atoms with van der Waals surface area (Å²) >= 11 is 12.3. The molecular weight excluding hydrogens is 441 g/mol. The lowest BCUT2D eigenvalue weighted by molar-refractivity contribution is -0.145. The van der Waals surface area contributed by atoms with Gasteiger partial charge in [0.2, 0.25) is 11.8 Å². The molecule has 0 aliphatic carbocycles. The van der Waals surface area contributed by atoms with Gasteiger partial charge in [0.05, 0.1) is 29.7 Å². The van der Waals surface area contributed by atoms with Gasteiger partial charge < -0.3 is 19.4 Å². The van der Waals surface area contributed by atoms with Gasteiger partial charge in [-0.3, -0.25) is 14.4 Å². The van der Waals surface area contributed by atoms with E-state index < -0.39 is 6.04 Å². The van der Waals surface area contributed by atoms with Crippen molar-refractivity contribution in [3.8, 4) is 0 Å². The van der Waals surface area contributed by atoms with Crippen molar-refractivity contribution >= 4 is 40.9 Å². The Balaban J connectivity index is 1.44. The van der Waals surface area contributed by atoms with E-state index in [1.54, 1.807) is 28.0 Å². The summed E-state index contributed by atoms with van der Waals surface area (Å²) < 4.78 is 5.34. The summed E-state index contributed by atoms with van der Waals surface area (Å²) in [4.78, 5) is 44.6. The molecule has 0 spiro atoms. The van der Waals surface area contributed by atoms with Crippen molar-refractivity contribution in [2.75, 3.05) is 45.9 Å². The average Bonchev–Trinajstić information content (AvgIpc) is 3.30. The van der Waals surface area contributed by atoms with Gasteiger partial charge in [-0.25, -0.2) is 0 Å². The zero-order valence-corrected chi connectivity index (χ0v) is 18.9. The standard InChI is InChI=1S/C22H27Cl2N3O4/c23-16-5-6-18(24)17(13-16)21(29)27-8-2-4-19(27)22(30)26-7-1-3-15(14-26)20(28)25-9-11-31-12-10-25/h5-6,13,15,19H,1-4,7-12,14H2. The van der Waals surface area contributed by atoms with Gasteiger partial charge >= 0.3 is 0 Å². The van der Waals surface area contributed by atoms with Gasteiger partial charge in [-0.2, -0.15) is 0 Å². The first kappa shape index (κ1) is 22.4. The predicted octanol–water partition coefficient (Wildman–Crippen LogP) is 2.70. The summed E-state index contributed by atoms with van der Waals surface area (Å²) in [5.41, 5.74) is 0.313. The first-order valence-electron chi connectivity index (χ1n) is 10.9. The second-order valence-electron chi connectivity index (χ2n) is 8.34. The molecule has 1 aromatic carbocycles. The van der Waals surface area contributed by atoms with Crippen molar-refractivity contribution in [3.63, 3.8) is 0 Å². The highest BCUT2D eigenvalue weighted by atomic mass is 35.5. The first-order chi connectivity index (χ1) is 15.0. The van der Waals surface area contributed by atoms with Crippen LogP contribution in [-0.4, -0.2) is 84.4 Å². The van der Waals surface area contributed by atoms with Gasteiger partial charge in [0, 0.05) is 37.7 Å². The lowest BCUT2D eigenvalue weighted by atomic mass is 9.95. The molecule has 0 aromatic heterocycles. The maximum atomic E-state index is 13.4. The molecule has 3 aliphatic heterocycles. The highest BCUT2D eigenvalue weighted by molar-refractivity contribution is 6.35. The fraction of sp³-hybridized carbons (Fsp3) is 0.591. The van der Waals surface area contributed by atoms with Crippen molar-refractivity contribution in [3.05, 3.63) is 33.8 Å². The van der Waals surface area contributed by atoms with Gasteiger partial charge in [-0.05, 0) is 43.9 Å². The fourth-order valence-electron chi connectivity index (χ4n) is 4.71. The second-order valence-corrected chi connectivity index (χ2v) is 9.19. The number of hydrogen-bond donors (Lipinski definition) is 0. The molecule has 0 bridgehead atoms. The summed E-state index contributed by atoms with van der Waals surface area (Å²) in [6.07, 6.45) is 2.93. The number of rotatable bonds is 3. The number of piperidine rings is 1. The molecular formula is C22H27Cl2N3O4. The summed E-state index contributed by atoms with van der Waals surface area (Å²) in [6.45, 7) is 3.86. The van der Waals surface area contributed by atoms with Crippen LogP contribution in [0, 0.1) is 5.92 Å². The molecule has 3 amide bonds. The number of ether oxygens (including phenoxy) is 1. The summed E-state index contributed by atoms with van der Waals surface area (Å²) in [6, 6.07) is 4.24. The minimum Gasteiger partial charge on any atom is -0.378 e. The van der Waals surface area contributed by atoms with E-state index in [2.05, 4.69) is 0 Å². The molecule has 3 aliphatic rings. The van der Waals surface area contributed by atoms with E-state index in [9.17, 15) is 14.4 Å². The van der Waals surface area contributed by atoms with Crippen molar-refractivity contribution < 1.29 is 19.1 Å². The molecule has 0 radical (unpaired) electrons. The Bertz CT molecular complexity index is 859. The van der Waals surface area contributed by atoms with E-state index in [-0.39, 0.29) is 23.6 Å². The van der Waals surface area contributed by atoms with Crippen molar-refractivity contribution in [2.24, 2.45) is 5.92 Å². The van der Waals surface area contributed by atoms with Gasteiger partial charge in [0.25, 0.3) is 5.91 Å². The quantitative estimate of drug-likeness (QED) is 0.684. The van der Waals surface area contributed by atoms with E-state index in [4.69, 9.17) is 27.9 Å². The van der Waals surface area contributed by atoms with Gasteiger partial charge in [0.15, 0.2) is 0 Å². The number of benzene rings is 1. The van der Waals surface area contributed by atoms with Crippen LogP contribution in [0.25, 0.3) is 0 Å². The van der Waals surface area contributed by atoms with Crippen LogP contribution >= 0.6 is 23.2 Å². The Hall–Kier alpha value is -1.83. The Labute approximate surface area is 192 Å². The topological polar surface area (TPSA) is 70.2 Å². The summed E-state index contributed by atoms with van der Waals surface area (Å²) in [7, 11) is 0. The van der Waals surface area contributed by atoms with Crippen LogP contribution in [0.1, 0.15) is 36.0 Å². The van der Waals surface area contributed by atoms with E-state index in [0.717, 1.165) is 19.3 Å². The number of hydrogen-bond acceptors (Lipinski definition) is 4. The molecule has 9 heteroatoms. The molecule has 168 valence electrons. The smallest absolute Gasteiger partial charge is 0.256 e. The van der Waals surface area contributed by atoms with Gasteiger partial charge in [-0.1, -0.05) is 23.2 Å². The van der Waals surface area contributed by atoms with Crippen LogP contribution in [0.4, 0.5) is 0 Å². The van der Waals surface area contributed by atoms with Crippen LogP contribution in [-0.2, 0) is 14.3 Å². The molecule has 7 nitrogen and oxygen atoms in total. The summed E-state index contributed by atoms with van der Waals surface area (Å²) in [5, 5.41) is 0.747. The highest BCUT2D eigenvalue weighted by Gasteiger charge is 2.40. The highest BCUT2D eigenvalue weighted by Crippen LogP contribution is 2.28. The third-order valence-electron chi connectivity index (χ3n) is 6.36. The van der Waals surface area contributed by atoms with Gasteiger partial charge in [0.1, 0.15) is 6.04 Å². The zero-order chi connectivity index (χ0) is 22.0. The van der Waals surface area contributed by atoms with E-state index in [0.29, 0.717) is 68.0 Å². The number of amides is 3. The zero-order valence-electron chi connectivity index (χ0n) is 17.4. The van der Waals surface area contributed by atoms with E-state index in [1.165, 1.54) is 0 Å². The Kier molecular flexibility index (Phi) is 7.04. The van der Waals surface area contributed by atoms with Crippen molar-refractivity contribution in [2.45, 2.75) is 31.7 Å². The van der Waals surface area contributed by atoms with Crippen LogP contribution in [0.5, 0.6) is 0 Å². The molecule has 31 heavy (non-hydrogen) atoms. The predicted molar refractivity (Wildman–Crippen MR) is 117 cm³/mol. The molecule has 1 aromatic rings. The molecule has 0 N–H and O–H groups in total. The molecule has 3 fully saturated rings. The number of nitrogens with zero attached hydrogens (tertiary/aromatic N) is 3. The molecule has 2 unspecified atom stereocenters. The Morgan fingerprint density at radius 1 is 0.903 bits per heavy atom. The summed E-state index contributed by atoms with van der Waals surface area (Å²) in [5.74, 6) is -0.445. The Morgan fingerprint density at radius 2 is 1.65 bits per heavy atom. The fourth-order valence-corrected chi connectivity index (χ4v) is 5.08. The average molecular weight is 468 g/mol. The van der Waals surface area contributed by atoms with Crippen LogP contribution < -0.4 is 0 Å². The van der Waals surface area contributed by atoms with Crippen LogP contribution in [0.2, 0.25) is 10.0 Å². The minimum absolute atomic E-state index is 0.0801. The molecule has 0 saturated carbocycles. The monoisotopic (exact) mass is 467 g/mol. The van der Waals surface area contributed by atoms with Crippen molar-refractivity contribution in [1.82, 2.24) is 14.7 Å². The Morgan fingerprint density at radius 3 is 2.42 bits per heavy atom. The maximum Gasteiger partial charge on any atom is 0.256 e. The number of carbonyl (C=O) groups is 3. The van der Waals surface area contributed by atoms with Crippen LogP contribution in [0.15, 0.2) is 18.2 Å². The van der Waals surface area contributed by atoms with Gasteiger partial charge in [-0.15, -0.1) is 0 Å². The number of likely N-dealkylation sites (tertiary alicyclic amines) is 2. The lowest BCUT2D eigenvalue weighted by Crippen LogP contribution is -2.53. The molecule has 3 heterocycles. The maximum absolute atomic E-state index is 13.4. The number of carbonyl (C=O) groups excluding carboxylic acids is 3.